The predicted octanol–water partition coefficient (Wildman–Crippen LogP) is 7.63. The third-order valence-electron chi connectivity index (χ3n) is 11.6. The highest BCUT2D eigenvalue weighted by atomic mass is 35.5. The fourth-order valence-corrected chi connectivity index (χ4v) is 10.5. The zero-order valence-electron chi connectivity index (χ0n) is 35.7. The van der Waals surface area contributed by atoms with E-state index in [2.05, 4.69) is 37.7 Å². The molecule has 4 heterocycles. The first-order chi connectivity index (χ1) is 30.5. The summed E-state index contributed by atoms with van der Waals surface area (Å²) in [6, 6.07) is 17.1. The lowest BCUT2D eigenvalue weighted by molar-refractivity contribution is -0.155. The van der Waals surface area contributed by atoms with E-state index in [1.165, 1.54) is 37.1 Å². The number of piperidine rings is 2. The average Bonchev–Trinajstić information content (AvgIpc) is 3.64. The summed E-state index contributed by atoms with van der Waals surface area (Å²) in [5.74, 6) is 0.659. The largest absolute Gasteiger partial charge is 0.494 e. The van der Waals surface area contributed by atoms with Crippen LogP contribution in [0.2, 0.25) is 5.02 Å². The van der Waals surface area contributed by atoms with Crippen LogP contribution < -0.4 is 30.9 Å². The number of ether oxygens (including phenoxy) is 1. The van der Waals surface area contributed by atoms with E-state index >= 15 is 0 Å². The summed E-state index contributed by atoms with van der Waals surface area (Å²) in [7, 11) is 0.591. The van der Waals surface area contributed by atoms with Gasteiger partial charge < -0.3 is 39.5 Å². The van der Waals surface area contributed by atoms with Crippen molar-refractivity contribution in [2.45, 2.75) is 81.8 Å². The first kappa shape index (κ1) is 45.8. The molecule has 63 heavy (non-hydrogen) atoms. The Kier molecular flexibility index (Phi) is 14.9. The molecule has 1 atom stereocenters. The maximum Gasteiger partial charge on any atom is 0.362 e. The lowest BCUT2D eigenvalue weighted by Crippen LogP contribution is -2.59. The summed E-state index contributed by atoms with van der Waals surface area (Å²) in [5.41, 5.74) is 3.32. The number of benzene rings is 3. The number of hydrogen-bond acceptors (Lipinski definition) is 14. The van der Waals surface area contributed by atoms with E-state index in [0.29, 0.717) is 66.2 Å². The Morgan fingerprint density at radius 3 is 2.48 bits per heavy atom. The van der Waals surface area contributed by atoms with Crippen LogP contribution in [-0.4, -0.2) is 95.8 Å². The molecular formula is C44H52ClN8O8PS. The number of fused-ring (bicyclic) bond motifs is 1. The molecule has 1 unspecified atom stereocenters. The van der Waals surface area contributed by atoms with Gasteiger partial charge in [-0.15, -0.1) is 11.8 Å². The molecule has 3 aliphatic heterocycles. The van der Waals surface area contributed by atoms with E-state index < -0.39 is 13.6 Å². The number of likely N-dealkylation sites (tertiary alicyclic amines) is 1. The Labute approximate surface area is 376 Å². The van der Waals surface area contributed by atoms with Crippen molar-refractivity contribution >= 4 is 88.7 Å². The van der Waals surface area contributed by atoms with E-state index in [-0.39, 0.29) is 65.8 Å². The smallest absolute Gasteiger partial charge is 0.362 e. The van der Waals surface area contributed by atoms with Gasteiger partial charge in [-0.05, 0) is 67.6 Å². The van der Waals surface area contributed by atoms with Crippen LogP contribution in [0.5, 0.6) is 5.75 Å². The number of amides is 4. The fourth-order valence-electron chi connectivity index (χ4n) is 8.21. The van der Waals surface area contributed by atoms with Gasteiger partial charge in [0.2, 0.25) is 17.8 Å². The van der Waals surface area contributed by atoms with E-state index in [0.717, 1.165) is 35.4 Å². The third kappa shape index (κ3) is 10.1. The van der Waals surface area contributed by atoms with Gasteiger partial charge in [-0.3, -0.25) is 28.6 Å². The van der Waals surface area contributed by atoms with E-state index in [9.17, 15) is 23.7 Å². The van der Waals surface area contributed by atoms with E-state index in [1.807, 2.05) is 30.3 Å². The van der Waals surface area contributed by atoms with Gasteiger partial charge in [0.1, 0.15) is 16.8 Å². The number of imide groups is 1. The Balaban J connectivity index is 0.972. The minimum atomic E-state index is -3.60. The van der Waals surface area contributed by atoms with Gasteiger partial charge >= 0.3 is 7.60 Å². The van der Waals surface area contributed by atoms with Crippen molar-refractivity contribution in [2.75, 3.05) is 55.8 Å². The van der Waals surface area contributed by atoms with Crippen molar-refractivity contribution in [3.8, 4) is 5.75 Å². The predicted molar refractivity (Wildman–Crippen MR) is 244 cm³/mol. The molecular weight excluding hydrogens is 867 g/mol. The molecule has 0 bridgehead atoms. The van der Waals surface area contributed by atoms with Crippen LogP contribution in [0, 0.1) is 0 Å². The van der Waals surface area contributed by atoms with Crippen LogP contribution >= 0.6 is 31.0 Å². The molecule has 334 valence electrons. The number of halogens is 1. The van der Waals surface area contributed by atoms with Crippen molar-refractivity contribution in [3.63, 3.8) is 0 Å². The molecule has 3 N–H and O–H groups in total. The molecule has 2 saturated heterocycles. The SMILES string of the molecule is CCCCCC(=O)NCSc1cccc2c1CN(C1CCC(=O)N(C3CCN(c4ccc(Nc5ncc(Cl)c(Nc6ccccc6P(=O)(OC)OC)n5)c(OC)c4)CC3)C1=O)C2=O. The Morgan fingerprint density at radius 2 is 1.73 bits per heavy atom. The lowest BCUT2D eigenvalue weighted by Gasteiger charge is -2.43. The van der Waals surface area contributed by atoms with E-state index in [1.54, 1.807) is 42.3 Å². The number of para-hydroxylation sites is 1. The molecule has 16 nitrogen and oxygen atoms in total. The monoisotopic (exact) mass is 918 g/mol. The number of unbranched alkanes of at least 4 members (excludes halogenated alkanes) is 2. The number of nitrogens with one attached hydrogen (secondary N) is 3. The molecule has 1 aromatic heterocycles. The van der Waals surface area contributed by atoms with Crippen molar-refractivity contribution < 1.29 is 37.5 Å². The summed E-state index contributed by atoms with van der Waals surface area (Å²) in [5, 5.41) is 9.82. The topological polar surface area (TPSA) is 185 Å². The summed E-state index contributed by atoms with van der Waals surface area (Å²) < 4.78 is 29.4. The molecule has 2 fully saturated rings. The van der Waals surface area contributed by atoms with Gasteiger partial charge in [-0.25, -0.2) is 4.98 Å². The molecule has 0 saturated carbocycles. The van der Waals surface area contributed by atoms with Crippen molar-refractivity contribution in [3.05, 3.63) is 83.0 Å². The zero-order chi connectivity index (χ0) is 44.7. The van der Waals surface area contributed by atoms with E-state index in [4.69, 9.17) is 25.4 Å². The summed E-state index contributed by atoms with van der Waals surface area (Å²) >= 11 is 7.95. The first-order valence-corrected chi connectivity index (χ1v) is 23.9. The second-order valence-corrected chi connectivity index (χ2v) is 19.0. The number of carbonyl (C=O) groups is 4. The highest BCUT2D eigenvalue weighted by molar-refractivity contribution is 7.99. The zero-order valence-corrected chi connectivity index (χ0v) is 38.2. The molecule has 4 aromatic rings. The Morgan fingerprint density at radius 1 is 0.952 bits per heavy atom. The van der Waals surface area contributed by atoms with Crippen LogP contribution in [0.1, 0.15) is 74.2 Å². The lowest BCUT2D eigenvalue weighted by atomic mass is 9.95. The molecule has 19 heteroatoms. The molecule has 0 spiro atoms. The number of thioether (sulfide) groups is 1. The average molecular weight is 919 g/mol. The van der Waals surface area contributed by atoms with Crippen molar-refractivity contribution in [2.24, 2.45) is 0 Å². The van der Waals surface area contributed by atoms with Gasteiger partial charge in [0.25, 0.3) is 11.8 Å². The van der Waals surface area contributed by atoms with Crippen molar-refractivity contribution in [1.82, 2.24) is 25.1 Å². The first-order valence-electron chi connectivity index (χ1n) is 21.0. The number of anilines is 5. The minimum Gasteiger partial charge on any atom is -0.494 e. The van der Waals surface area contributed by atoms with Gasteiger partial charge in [-0.1, -0.05) is 49.6 Å². The summed E-state index contributed by atoms with van der Waals surface area (Å²) in [6.07, 6.45) is 6.44. The maximum absolute atomic E-state index is 14.2. The highest BCUT2D eigenvalue weighted by Gasteiger charge is 2.45. The fraction of sp³-hybridized carbons (Fsp3) is 0.409. The maximum atomic E-state index is 14.2. The van der Waals surface area contributed by atoms with Crippen LogP contribution in [-0.2, 0) is 34.5 Å². The Bertz CT molecular complexity index is 2390. The molecule has 3 aromatic carbocycles. The van der Waals surface area contributed by atoms with Crippen LogP contribution in [0.15, 0.2) is 71.8 Å². The van der Waals surface area contributed by atoms with Crippen molar-refractivity contribution in [1.29, 1.82) is 0 Å². The van der Waals surface area contributed by atoms with Gasteiger partial charge in [0.15, 0.2) is 5.82 Å². The number of methoxy groups -OCH3 is 1. The number of carbonyl (C=O) groups excluding carboxylic acids is 4. The standard InChI is InChI=1S/C44H52ClN8O8PS/c1-5-6-7-15-39(54)47-27-63-38-14-10-11-30-31(38)26-52(42(30)56)35-18-19-40(55)53(43(35)57)28-20-22-51(23-21-28)29-16-17-33(36(24-29)59-2)49-44-46-25-32(45)41(50-44)48-34-12-8-9-13-37(34)62(58,60-3)61-4/h8-14,16-17,24-25,28,35H,5-7,15,18-23,26-27H2,1-4H3,(H,47,54)(H2,46,48,49,50). The van der Waals surface area contributed by atoms with Crippen LogP contribution in [0.3, 0.4) is 0 Å². The second kappa shape index (κ2) is 20.5. The Hall–Kier alpha value is -5.19. The number of hydrogen-bond donors (Lipinski definition) is 3. The normalized spacial score (nSPS) is 16.9. The second-order valence-electron chi connectivity index (χ2n) is 15.3. The third-order valence-corrected chi connectivity index (χ3v) is 14.8. The molecule has 3 aliphatic rings. The van der Waals surface area contributed by atoms with Gasteiger partial charge in [0.05, 0.1) is 35.9 Å². The van der Waals surface area contributed by atoms with Crippen LogP contribution in [0.4, 0.5) is 28.8 Å². The van der Waals surface area contributed by atoms with Gasteiger partial charge in [0, 0.05) is 75.0 Å². The number of aromatic nitrogens is 2. The van der Waals surface area contributed by atoms with Gasteiger partial charge in [-0.2, -0.15) is 4.98 Å². The number of rotatable bonds is 18. The molecule has 7 rings (SSSR count). The molecule has 0 aliphatic carbocycles. The quantitative estimate of drug-likeness (QED) is 0.0291. The summed E-state index contributed by atoms with van der Waals surface area (Å²) in [6.45, 7) is 3.54. The number of nitrogens with zero attached hydrogens (tertiary/aromatic N) is 5. The molecule has 4 amide bonds. The van der Waals surface area contributed by atoms with Crippen LogP contribution in [0.25, 0.3) is 0 Å². The molecule has 0 radical (unpaired) electrons. The highest BCUT2D eigenvalue weighted by Crippen LogP contribution is 2.47. The summed E-state index contributed by atoms with van der Waals surface area (Å²) in [4.78, 5) is 68.6. The minimum absolute atomic E-state index is 0.00971.